The van der Waals surface area contributed by atoms with E-state index in [1.165, 1.54) is 0 Å². The van der Waals surface area contributed by atoms with E-state index in [4.69, 9.17) is 0 Å². The van der Waals surface area contributed by atoms with Crippen LogP contribution in [0.1, 0.15) is 12.0 Å². The molecular formula is C15H16N2O2. The number of carbonyl (C=O) groups excluding carboxylic acids is 2. The Hall–Kier alpha value is -2.10. The van der Waals surface area contributed by atoms with Gasteiger partial charge in [0, 0.05) is 18.8 Å². The highest BCUT2D eigenvalue weighted by molar-refractivity contribution is 6.08. The summed E-state index contributed by atoms with van der Waals surface area (Å²) in [6, 6.07) is 7.65. The minimum absolute atomic E-state index is 0.0589. The predicted octanol–water partition coefficient (Wildman–Crippen LogP) is 1.59. The first kappa shape index (κ1) is 12.0. The van der Waals surface area contributed by atoms with Crippen LogP contribution in [-0.4, -0.2) is 29.8 Å². The predicted molar refractivity (Wildman–Crippen MR) is 72.6 cm³/mol. The summed E-state index contributed by atoms with van der Waals surface area (Å²) in [5.41, 5.74) is 1.86. The van der Waals surface area contributed by atoms with Crippen LogP contribution in [0.2, 0.25) is 0 Å². The molecule has 19 heavy (non-hydrogen) atoms. The molecule has 2 heterocycles. The van der Waals surface area contributed by atoms with Crippen LogP contribution < -0.4 is 5.32 Å². The summed E-state index contributed by atoms with van der Waals surface area (Å²) in [6.45, 7) is 1.32. The molecule has 0 aromatic heterocycles. The quantitative estimate of drug-likeness (QED) is 0.612. The smallest absolute Gasteiger partial charge is 0.237 e. The molecule has 0 bridgehead atoms. The monoisotopic (exact) mass is 256 g/mol. The first-order valence-corrected chi connectivity index (χ1v) is 6.58. The molecule has 0 fully saturated rings. The van der Waals surface area contributed by atoms with Gasteiger partial charge in [0.1, 0.15) is 5.92 Å². The van der Waals surface area contributed by atoms with Crippen molar-refractivity contribution in [3.8, 4) is 0 Å². The Morgan fingerprint density at radius 2 is 2.11 bits per heavy atom. The Balaban J connectivity index is 1.80. The molecule has 4 heteroatoms. The van der Waals surface area contributed by atoms with Crippen molar-refractivity contribution in [2.45, 2.75) is 12.8 Å². The summed E-state index contributed by atoms with van der Waals surface area (Å²) in [5.74, 6) is -0.823. The average molecular weight is 256 g/mol. The molecule has 1 aromatic rings. The molecule has 1 unspecified atom stereocenters. The molecule has 0 saturated carbocycles. The molecule has 1 atom stereocenters. The lowest BCUT2D eigenvalue weighted by molar-refractivity contribution is -0.140. The summed E-state index contributed by atoms with van der Waals surface area (Å²) >= 11 is 0. The van der Waals surface area contributed by atoms with Crippen molar-refractivity contribution in [2.75, 3.05) is 18.4 Å². The number of fused-ring (bicyclic) bond motifs is 1. The van der Waals surface area contributed by atoms with Crippen LogP contribution in [0.15, 0.2) is 36.4 Å². The molecule has 1 N–H and O–H groups in total. The molecule has 98 valence electrons. The number of hydrogen-bond acceptors (Lipinski definition) is 2. The third kappa shape index (κ3) is 2.26. The van der Waals surface area contributed by atoms with Crippen LogP contribution in [-0.2, 0) is 16.0 Å². The Morgan fingerprint density at radius 1 is 1.26 bits per heavy atom. The van der Waals surface area contributed by atoms with Gasteiger partial charge in [-0.15, -0.1) is 0 Å². The van der Waals surface area contributed by atoms with Crippen LogP contribution in [0, 0.1) is 5.92 Å². The molecule has 0 saturated heterocycles. The van der Waals surface area contributed by atoms with E-state index in [1.54, 1.807) is 4.90 Å². The van der Waals surface area contributed by atoms with Gasteiger partial charge in [0.25, 0.3) is 0 Å². The summed E-state index contributed by atoms with van der Waals surface area (Å²) in [5, 5.41) is 2.83. The van der Waals surface area contributed by atoms with Crippen molar-refractivity contribution in [3.05, 3.63) is 42.0 Å². The van der Waals surface area contributed by atoms with Gasteiger partial charge < -0.3 is 10.2 Å². The van der Waals surface area contributed by atoms with Crippen molar-refractivity contribution in [1.82, 2.24) is 4.90 Å². The molecule has 1 aromatic carbocycles. The van der Waals surface area contributed by atoms with Crippen LogP contribution in [0.3, 0.4) is 0 Å². The zero-order valence-corrected chi connectivity index (χ0v) is 10.6. The number of anilines is 1. The van der Waals surface area contributed by atoms with Gasteiger partial charge in [-0.05, 0) is 24.5 Å². The molecule has 0 aliphatic carbocycles. The summed E-state index contributed by atoms with van der Waals surface area (Å²) in [4.78, 5) is 26.2. The zero-order chi connectivity index (χ0) is 13.2. The lowest BCUT2D eigenvalue weighted by atomic mass is 9.92. The molecule has 2 amide bonds. The number of hydrogen-bond donors (Lipinski definition) is 1. The number of para-hydroxylation sites is 1. The topological polar surface area (TPSA) is 49.4 Å². The highest BCUT2D eigenvalue weighted by Crippen LogP contribution is 2.26. The fourth-order valence-electron chi connectivity index (χ4n) is 2.61. The Bertz CT molecular complexity index is 551. The number of carbonyl (C=O) groups is 2. The number of amides is 2. The van der Waals surface area contributed by atoms with Gasteiger partial charge in [0.05, 0.1) is 0 Å². The van der Waals surface area contributed by atoms with Gasteiger partial charge in [0.15, 0.2) is 0 Å². The van der Waals surface area contributed by atoms with Crippen molar-refractivity contribution in [1.29, 1.82) is 0 Å². The standard InChI is InChI=1S/C15H16N2O2/c18-14-12(15(19)17-8-4-1-5-9-17)10-11-6-2-3-7-13(11)16-14/h1-4,6-7,12H,5,8-10H2,(H,16,18). The van der Waals surface area contributed by atoms with E-state index < -0.39 is 5.92 Å². The second kappa shape index (κ2) is 4.88. The molecule has 2 aliphatic heterocycles. The third-order valence-electron chi connectivity index (χ3n) is 3.68. The molecule has 0 spiro atoms. The lowest BCUT2D eigenvalue weighted by Gasteiger charge is -2.30. The Kier molecular flexibility index (Phi) is 3.07. The number of nitrogens with zero attached hydrogens (tertiary/aromatic N) is 1. The van der Waals surface area contributed by atoms with Crippen molar-refractivity contribution in [2.24, 2.45) is 5.92 Å². The highest BCUT2D eigenvalue weighted by Gasteiger charge is 2.34. The Morgan fingerprint density at radius 3 is 2.89 bits per heavy atom. The summed E-state index contributed by atoms with van der Waals surface area (Å²) in [6.07, 6.45) is 5.42. The molecule has 0 radical (unpaired) electrons. The molecule has 2 aliphatic rings. The lowest BCUT2D eigenvalue weighted by Crippen LogP contribution is -2.45. The van der Waals surface area contributed by atoms with E-state index in [1.807, 2.05) is 30.3 Å². The normalized spacial score (nSPS) is 21.8. The van der Waals surface area contributed by atoms with Gasteiger partial charge in [-0.1, -0.05) is 30.4 Å². The largest absolute Gasteiger partial charge is 0.338 e. The first-order valence-electron chi connectivity index (χ1n) is 6.58. The third-order valence-corrected chi connectivity index (χ3v) is 3.68. The van der Waals surface area contributed by atoms with E-state index in [2.05, 4.69) is 11.4 Å². The van der Waals surface area contributed by atoms with Crippen LogP contribution in [0.25, 0.3) is 0 Å². The second-order valence-electron chi connectivity index (χ2n) is 4.95. The Labute approximate surface area is 112 Å². The number of rotatable bonds is 1. The van der Waals surface area contributed by atoms with Gasteiger partial charge in [-0.3, -0.25) is 9.59 Å². The molecule has 3 rings (SSSR count). The maximum atomic E-state index is 12.4. The second-order valence-corrected chi connectivity index (χ2v) is 4.95. The first-order chi connectivity index (χ1) is 9.25. The number of nitrogens with one attached hydrogen (secondary N) is 1. The SMILES string of the molecule is O=C1Nc2ccccc2CC1C(=O)N1CC=CCC1. The number of benzene rings is 1. The van der Waals surface area contributed by atoms with E-state index in [0.29, 0.717) is 19.5 Å². The van der Waals surface area contributed by atoms with E-state index in [0.717, 1.165) is 17.7 Å². The van der Waals surface area contributed by atoms with Gasteiger partial charge >= 0.3 is 0 Å². The van der Waals surface area contributed by atoms with E-state index in [-0.39, 0.29) is 11.8 Å². The van der Waals surface area contributed by atoms with E-state index >= 15 is 0 Å². The van der Waals surface area contributed by atoms with E-state index in [9.17, 15) is 9.59 Å². The minimum Gasteiger partial charge on any atom is -0.338 e. The van der Waals surface area contributed by atoms with Crippen molar-refractivity contribution >= 4 is 17.5 Å². The maximum Gasteiger partial charge on any atom is 0.237 e. The van der Waals surface area contributed by atoms with Crippen LogP contribution >= 0.6 is 0 Å². The van der Waals surface area contributed by atoms with Crippen LogP contribution in [0.5, 0.6) is 0 Å². The van der Waals surface area contributed by atoms with Crippen LogP contribution in [0.4, 0.5) is 5.69 Å². The summed E-state index contributed by atoms with van der Waals surface area (Å²) < 4.78 is 0. The van der Waals surface area contributed by atoms with Gasteiger partial charge in [-0.25, -0.2) is 0 Å². The zero-order valence-electron chi connectivity index (χ0n) is 10.6. The van der Waals surface area contributed by atoms with Gasteiger partial charge in [0.2, 0.25) is 11.8 Å². The average Bonchev–Trinajstić information content (AvgIpc) is 2.47. The fourth-order valence-corrected chi connectivity index (χ4v) is 2.61. The molecular weight excluding hydrogens is 240 g/mol. The fraction of sp³-hybridized carbons (Fsp3) is 0.333. The molecule has 4 nitrogen and oxygen atoms in total. The van der Waals surface area contributed by atoms with Crippen molar-refractivity contribution < 1.29 is 9.59 Å². The minimum atomic E-state index is -0.582. The van der Waals surface area contributed by atoms with Crippen molar-refractivity contribution in [3.63, 3.8) is 0 Å². The maximum absolute atomic E-state index is 12.4. The summed E-state index contributed by atoms with van der Waals surface area (Å²) in [7, 11) is 0. The highest BCUT2D eigenvalue weighted by atomic mass is 16.2. The van der Waals surface area contributed by atoms with Gasteiger partial charge in [-0.2, -0.15) is 0 Å².